The third kappa shape index (κ3) is 3.56. The number of ketones is 1. The Morgan fingerprint density at radius 2 is 2.10 bits per heavy atom. The molecule has 3 heterocycles. The van der Waals surface area contributed by atoms with Crippen molar-refractivity contribution in [2.24, 2.45) is 0 Å². The molecule has 0 bridgehead atoms. The van der Waals surface area contributed by atoms with Crippen LogP contribution in [0.1, 0.15) is 29.0 Å². The number of amides is 1. The van der Waals surface area contributed by atoms with E-state index in [1.165, 1.54) is 11.3 Å². The predicted molar refractivity (Wildman–Crippen MR) is 112 cm³/mol. The maximum absolute atomic E-state index is 12.9. The molecule has 152 valence electrons. The smallest absolute Gasteiger partial charge is 0.295 e. The van der Waals surface area contributed by atoms with E-state index in [-0.39, 0.29) is 17.4 Å². The van der Waals surface area contributed by atoms with Crippen molar-refractivity contribution >= 4 is 28.8 Å². The Morgan fingerprint density at radius 1 is 1.31 bits per heavy atom. The Kier molecular flexibility index (Phi) is 5.19. The molecular weight excluding hydrogens is 388 g/mol. The van der Waals surface area contributed by atoms with Gasteiger partial charge in [-0.1, -0.05) is 6.07 Å². The number of thiophene rings is 1. The van der Waals surface area contributed by atoms with Gasteiger partial charge in [-0.3, -0.25) is 9.59 Å². The lowest BCUT2D eigenvalue weighted by molar-refractivity contribution is -0.140. The van der Waals surface area contributed by atoms with Gasteiger partial charge in [0.05, 0.1) is 11.6 Å². The molecular formula is C22H24N2O4S. The number of ether oxygens (including phenoxy) is 1. The van der Waals surface area contributed by atoms with Gasteiger partial charge in [0.25, 0.3) is 11.7 Å². The van der Waals surface area contributed by atoms with Crippen LogP contribution >= 0.6 is 11.3 Å². The Hall–Kier alpha value is -2.64. The fraction of sp³-hybridized carbons (Fsp3) is 0.364. The summed E-state index contributed by atoms with van der Waals surface area (Å²) in [6.07, 6.45) is 0.840. The molecule has 6 nitrogen and oxygen atoms in total. The van der Waals surface area contributed by atoms with Crippen molar-refractivity contribution in [3.05, 3.63) is 57.3 Å². The molecule has 0 unspecified atom stereocenters. The lowest BCUT2D eigenvalue weighted by atomic mass is 9.98. The van der Waals surface area contributed by atoms with E-state index in [2.05, 4.69) is 0 Å². The molecule has 0 aliphatic carbocycles. The van der Waals surface area contributed by atoms with Gasteiger partial charge in [-0.05, 0) is 56.2 Å². The Balaban J connectivity index is 1.78. The Morgan fingerprint density at radius 3 is 2.79 bits per heavy atom. The van der Waals surface area contributed by atoms with E-state index >= 15 is 0 Å². The minimum absolute atomic E-state index is 0.0881. The zero-order valence-corrected chi connectivity index (χ0v) is 17.5. The van der Waals surface area contributed by atoms with Gasteiger partial charge in [0.15, 0.2) is 0 Å². The zero-order chi connectivity index (χ0) is 20.7. The SMILES string of the molecule is C[C@@H]1Cc2cc(C(O)=C3C(=O)C(=O)N(CCN(C)C)[C@@H]3c3cccs3)ccc2O1. The van der Waals surface area contributed by atoms with Crippen LogP contribution in [0.2, 0.25) is 0 Å². The molecule has 1 amide bonds. The first kappa shape index (κ1) is 19.7. The second-order valence-corrected chi connectivity index (χ2v) is 8.75. The first-order valence-corrected chi connectivity index (χ1v) is 10.5. The largest absolute Gasteiger partial charge is 0.507 e. The fourth-order valence-electron chi connectivity index (χ4n) is 3.89. The van der Waals surface area contributed by atoms with Gasteiger partial charge in [0.1, 0.15) is 17.6 Å². The van der Waals surface area contributed by atoms with Crippen LogP contribution in [0.25, 0.3) is 5.76 Å². The number of hydrogen-bond acceptors (Lipinski definition) is 6. The third-order valence-corrected chi connectivity index (χ3v) is 6.23. The van der Waals surface area contributed by atoms with Gasteiger partial charge >= 0.3 is 0 Å². The lowest BCUT2D eigenvalue weighted by Gasteiger charge is -2.25. The van der Waals surface area contributed by atoms with Gasteiger partial charge < -0.3 is 19.6 Å². The number of nitrogens with zero attached hydrogens (tertiary/aromatic N) is 2. The van der Waals surface area contributed by atoms with Crippen LogP contribution in [0.4, 0.5) is 0 Å². The molecule has 1 N–H and O–H groups in total. The van der Waals surface area contributed by atoms with Crippen LogP contribution in [-0.4, -0.2) is 59.9 Å². The molecule has 4 rings (SSSR count). The van der Waals surface area contributed by atoms with Crippen molar-refractivity contribution in [3.63, 3.8) is 0 Å². The van der Waals surface area contributed by atoms with Crippen LogP contribution in [0.15, 0.2) is 41.3 Å². The van der Waals surface area contributed by atoms with Crippen molar-refractivity contribution in [1.82, 2.24) is 9.80 Å². The Labute approximate surface area is 174 Å². The number of fused-ring (bicyclic) bond motifs is 1. The number of benzene rings is 1. The molecule has 1 aromatic carbocycles. The highest BCUT2D eigenvalue weighted by Gasteiger charge is 2.46. The van der Waals surface area contributed by atoms with Crippen molar-refractivity contribution < 1.29 is 19.4 Å². The van der Waals surface area contributed by atoms with Gasteiger partial charge in [0, 0.05) is 30.0 Å². The molecule has 1 saturated heterocycles. The van der Waals surface area contributed by atoms with Crippen molar-refractivity contribution in [2.45, 2.75) is 25.5 Å². The fourth-order valence-corrected chi connectivity index (χ4v) is 4.73. The molecule has 2 aliphatic heterocycles. The van der Waals surface area contributed by atoms with Gasteiger partial charge in [0.2, 0.25) is 0 Å². The molecule has 29 heavy (non-hydrogen) atoms. The van der Waals surface area contributed by atoms with Gasteiger partial charge in [-0.2, -0.15) is 0 Å². The number of carbonyl (C=O) groups is 2. The van der Waals surface area contributed by atoms with Crippen molar-refractivity contribution in [3.8, 4) is 5.75 Å². The Bertz CT molecular complexity index is 981. The minimum atomic E-state index is -0.634. The van der Waals surface area contributed by atoms with E-state index in [4.69, 9.17) is 4.74 Å². The van der Waals surface area contributed by atoms with E-state index in [0.717, 1.165) is 22.6 Å². The standard InChI is InChI=1S/C22H24N2O4S/c1-13-11-15-12-14(6-7-16(15)28-13)20(25)18-19(17-5-4-10-29-17)24(9-8-23(2)3)22(27)21(18)26/h4-7,10,12-13,19,25H,8-9,11H2,1-3H3/t13-,19-/m1/s1. The topological polar surface area (TPSA) is 70.1 Å². The van der Waals surface area contributed by atoms with Crippen molar-refractivity contribution in [2.75, 3.05) is 27.2 Å². The number of hydrogen-bond donors (Lipinski definition) is 1. The number of likely N-dealkylation sites (tertiary alicyclic amines) is 1. The maximum atomic E-state index is 12.9. The van der Waals surface area contributed by atoms with Crippen molar-refractivity contribution in [1.29, 1.82) is 0 Å². The third-order valence-electron chi connectivity index (χ3n) is 5.31. The van der Waals surface area contributed by atoms with E-state index < -0.39 is 17.7 Å². The monoisotopic (exact) mass is 412 g/mol. The molecule has 1 aromatic heterocycles. The average Bonchev–Trinajstić information content (AvgIpc) is 3.38. The molecule has 0 radical (unpaired) electrons. The summed E-state index contributed by atoms with van der Waals surface area (Å²) >= 11 is 1.47. The summed E-state index contributed by atoms with van der Waals surface area (Å²) in [5, 5.41) is 13.0. The molecule has 2 aliphatic rings. The van der Waals surface area contributed by atoms with Crippen LogP contribution in [0.5, 0.6) is 5.75 Å². The number of aliphatic hydroxyl groups is 1. The molecule has 2 aromatic rings. The van der Waals surface area contributed by atoms with Gasteiger partial charge in [-0.25, -0.2) is 0 Å². The summed E-state index contributed by atoms with van der Waals surface area (Å²) in [7, 11) is 3.84. The van der Waals surface area contributed by atoms with Crippen LogP contribution < -0.4 is 4.74 Å². The summed E-state index contributed by atoms with van der Waals surface area (Å²) in [6.45, 7) is 3.03. The molecule has 1 fully saturated rings. The molecule has 0 saturated carbocycles. The normalized spacial score (nSPS) is 23.0. The highest BCUT2D eigenvalue weighted by Crippen LogP contribution is 2.41. The first-order chi connectivity index (χ1) is 13.9. The van der Waals surface area contributed by atoms with E-state index in [9.17, 15) is 14.7 Å². The number of likely N-dealkylation sites (N-methyl/N-ethyl adjacent to an activating group) is 1. The second kappa shape index (κ2) is 7.65. The number of carbonyl (C=O) groups excluding carboxylic acids is 2. The number of Topliss-reactive ketones (excluding diaryl/α,β-unsaturated/α-hetero) is 1. The highest BCUT2D eigenvalue weighted by atomic mass is 32.1. The minimum Gasteiger partial charge on any atom is -0.507 e. The summed E-state index contributed by atoms with van der Waals surface area (Å²) in [5.74, 6) is -0.526. The number of rotatable bonds is 5. The van der Waals surface area contributed by atoms with E-state index in [1.54, 1.807) is 11.0 Å². The van der Waals surface area contributed by atoms with E-state index in [0.29, 0.717) is 18.7 Å². The second-order valence-electron chi connectivity index (χ2n) is 7.77. The average molecular weight is 413 g/mol. The predicted octanol–water partition coefficient (Wildman–Crippen LogP) is 3.05. The summed E-state index contributed by atoms with van der Waals surface area (Å²) < 4.78 is 5.73. The summed E-state index contributed by atoms with van der Waals surface area (Å²) in [5.41, 5.74) is 1.69. The zero-order valence-electron chi connectivity index (χ0n) is 16.7. The van der Waals surface area contributed by atoms with E-state index in [1.807, 2.05) is 55.6 Å². The van der Waals surface area contributed by atoms with Crippen LogP contribution in [-0.2, 0) is 16.0 Å². The van der Waals surface area contributed by atoms with Crippen LogP contribution in [0.3, 0.4) is 0 Å². The highest BCUT2D eigenvalue weighted by molar-refractivity contribution is 7.10. The molecule has 0 spiro atoms. The maximum Gasteiger partial charge on any atom is 0.295 e. The van der Waals surface area contributed by atoms with Gasteiger partial charge in [-0.15, -0.1) is 11.3 Å². The molecule has 7 heteroatoms. The lowest BCUT2D eigenvalue weighted by Crippen LogP contribution is -2.35. The first-order valence-electron chi connectivity index (χ1n) is 9.63. The molecule has 2 atom stereocenters. The summed E-state index contributed by atoms with van der Waals surface area (Å²) in [6, 6.07) is 8.63. The summed E-state index contributed by atoms with van der Waals surface area (Å²) in [4.78, 5) is 30.1. The quantitative estimate of drug-likeness (QED) is 0.464. The number of aliphatic hydroxyl groups excluding tert-OH is 1. The van der Waals surface area contributed by atoms with Crippen LogP contribution in [0, 0.1) is 0 Å².